The Morgan fingerprint density at radius 1 is 1.23 bits per heavy atom. The number of anilines is 1. The van der Waals surface area contributed by atoms with E-state index in [0.717, 1.165) is 6.42 Å². The molecular weight excluding hydrogens is 436 g/mol. The van der Waals surface area contributed by atoms with Crippen LogP contribution in [0.2, 0.25) is 5.02 Å². The van der Waals surface area contributed by atoms with Gasteiger partial charge in [-0.2, -0.15) is 0 Å². The Hall–Kier alpha value is -2.90. The van der Waals surface area contributed by atoms with Gasteiger partial charge >= 0.3 is 0 Å². The van der Waals surface area contributed by atoms with Crippen molar-refractivity contribution < 1.29 is 19.1 Å². The van der Waals surface area contributed by atoms with Crippen LogP contribution in [-0.4, -0.2) is 30.1 Å². The molecule has 31 heavy (non-hydrogen) atoms. The minimum absolute atomic E-state index is 0.000706. The van der Waals surface area contributed by atoms with Crippen LogP contribution in [0, 0.1) is 6.92 Å². The van der Waals surface area contributed by atoms with Crippen molar-refractivity contribution >= 4 is 52.5 Å². The Labute approximate surface area is 191 Å². The van der Waals surface area contributed by atoms with Gasteiger partial charge in [0, 0.05) is 10.6 Å². The zero-order valence-corrected chi connectivity index (χ0v) is 19.3. The summed E-state index contributed by atoms with van der Waals surface area (Å²) in [6.07, 6.45) is 2.19. The van der Waals surface area contributed by atoms with Crippen LogP contribution in [-0.2, 0) is 9.59 Å². The molecule has 1 heterocycles. The van der Waals surface area contributed by atoms with Crippen LogP contribution in [0.3, 0.4) is 0 Å². The minimum atomic E-state index is -0.580. The number of ether oxygens (including phenoxy) is 2. The molecular formula is C23H23ClN2O4S. The second-order valence-electron chi connectivity index (χ2n) is 7.06. The number of halogens is 1. The number of carbonyl (C=O) groups excluding carboxylic acids is 2. The van der Waals surface area contributed by atoms with Gasteiger partial charge in [0.05, 0.1) is 18.9 Å². The quantitative estimate of drug-likeness (QED) is 0.387. The Morgan fingerprint density at radius 2 is 1.94 bits per heavy atom. The monoisotopic (exact) mass is 458 g/mol. The molecule has 1 atom stereocenters. The highest BCUT2D eigenvalue weighted by Gasteiger charge is 2.35. The summed E-state index contributed by atoms with van der Waals surface area (Å²) in [6.45, 7) is 5.72. The summed E-state index contributed by atoms with van der Waals surface area (Å²) >= 11 is 11.5. The van der Waals surface area contributed by atoms with E-state index in [-0.39, 0.29) is 16.8 Å². The first-order chi connectivity index (χ1) is 14.8. The summed E-state index contributed by atoms with van der Waals surface area (Å²) in [6, 6.07) is 10.5. The summed E-state index contributed by atoms with van der Waals surface area (Å²) in [5.74, 6) is -0.151. The Kier molecular flexibility index (Phi) is 6.97. The first kappa shape index (κ1) is 22.8. The zero-order chi connectivity index (χ0) is 22.7. The lowest BCUT2D eigenvalue weighted by molar-refractivity contribution is -0.122. The molecule has 1 saturated heterocycles. The maximum atomic E-state index is 13.4. The van der Waals surface area contributed by atoms with Gasteiger partial charge in [-0.1, -0.05) is 36.7 Å². The topological polar surface area (TPSA) is 67.9 Å². The number of hydrogen-bond donors (Lipinski definition) is 1. The number of carbonyl (C=O) groups is 2. The number of thiocarbonyl (C=S) groups is 1. The predicted molar refractivity (Wildman–Crippen MR) is 126 cm³/mol. The molecule has 6 nitrogen and oxygen atoms in total. The first-order valence-electron chi connectivity index (χ1n) is 9.78. The van der Waals surface area contributed by atoms with Crippen molar-refractivity contribution in [1.82, 2.24) is 5.32 Å². The summed E-state index contributed by atoms with van der Waals surface area (Å²) in [5, 5.41) is 3.08. The van der Waals surface area contributed by atoms with Gasteiger partial charge in [0.1, 0.15) is 5.57 Å². The van der Waals surface area contributed by atoms with E-state index in [4.69, 9.17) is 33.3 Å². The summed E-state index contributed by atoms with van der Waals surface area (Å²) in [7, 11) is 1.54. The van der Waals surface area contributed by atoms with E-state index in [2.05, 4.69) is 5.32 Å². The fourth-order valence-electron chi connectivity index (χ4n) is 3.09. The van der Waals surface area contributed by atoms with Crippen molar-refractivity contribution in [3.8, 4) is 11.5 Å². The molecule has 1 fully saturated rings. The van der Waals surface area contributed by atoms with Crippen LogP contribution < -0.4 is 19.7 Å². The van der Waals surface area contributed by atoms with E-state index in [1.54, 1.807) is 43.3 Å². The van der Waals surface area contributed by atoms with E-state index < -0.39 is 11.8 Å². The second kappa shape index (κ2) is 9.49. The van der Waals surface area contributed by atoms with Gasteiger partial charge < -0.3 is 9.47 Å². The average Bonchev–Trinajstić information content (AvgIpc) is 2.74. The summed E-state index contributed by atoms with van der Waals surface area (Å²) in [4.78, 5) is 27.3. The van der Waals surface area contributed by atoms with E-state index >= 15 is 0 Å². The number of methoxy groups -OCH3 is 1. The lowest BCUT2D eigenvalue weighted by Crippen LogP contribution is -2.54. The largest absolute Gasteiger partial charge is 0.493 e. The number of nitrogens with one attached hydrogen (secondary N) is 1. The molecule has 1 aliphatic rings. The molecule has 8 heteroatoms. The van der Waals surface area contributed by atoms with Gasteiger partial charge in [0.15, 0.2) is 16.6 Å². The average molecular weight is 459 g/mol. The molecule has 0 aliphatic carbocycles. The van der Waals surface area contributed by atoms with Gasteiger partial charge in [-0.05, 0) is 62.3 Å². The van der Waals surface area contributed by atoms with Crippen LogP contribution in [0.15, 0.2) is 42.0 Å². The Morgan fingerprint density at radius 3 is 2.61 bits per heavy atom. The van der Waals surface area contributed by atoms with E-state index in [1.165, 1.54) is 18.1 Å². The van der Waals surface area contributed by atoms with Crippen LogP contribution >= 0.6 is 23.8 Å². The molecule has 0 radical (unpaired) electrons. The number of rotatable bonds is 6. The maximum Gasteiger partial charge on any atom is 0.270 e. The first-order valence-corrected chi connectivity index (χ1v) is 10.6. The van der Waals surface area contributed by atoms with Gasteiger partial charge in [-0.3, -0.25) is 19.8 Å². The van der Waals surface area contributed by atoms with Gasteiger partial charge in [0.2, 0.25) is 0 Å². The van der Waals surface area contributed by atoms with Crippen LogP contribution in [0.5, 0.6) is 11.5 Å². The normalized spacial score (nSPS) is 16.4. The lowest BCUT2D eigenvalue weighted by atomic mass is 10.0. The molecule has 2 aromatic carbocycles. The molecule has 1 aliphatic heterocycles. The highest BCUT2D eigenvalue weighted by Crippen LogP contribution is 2.35. The van der Waals surface area contributed by atoms with Crippen LogP contribution in [0.1, 0.15) is 31.4 Å². The zero-order valence-electron chi connectivity index (χ0n) is 17.7. The number of nitrogens with zero attached hydrogens (tertiary/aromatic N) is 1. The number of benzene rings is 2. The Balaban J connectivity index is 2.10. The molecule has 0 bridgehead atoms. The van der Waals surface area contributed by atoms with Crippen LogP contribution in [0.4, 0.5) is 5.69 Å². The molecule has 0 spiro atoms. The van der Waals surface area contributed by atoms with Gasteiger partial charge in [-0.25, -0.2) is 0 Å². The fourth-order valence-corrected chi connectivity index (χ4v) is 3.53. The second-order valence-corrected chi connectivity index (χ2v) is 7.85. The standard InChI is InChI=1S/C23H23ClN2O4S/c1-5-13(2)30-20-15(8-6-11-19(20)29-4)12-16-21(27)25-23(31)26(22(16)28)18-10-7-9-17(24)14(18)3/h6-13H,5H2,1-4H3,(H,25,27,31)/b16-12+/t13-/m0/s1. The highest BCUT2D eigenvalue weighted by molar-refractivity contribution is 7.80. The minimum Gasteiger partial charge on any atom is -0.493 e. The van der Waals surface area contributed by atoms with Gasteiger partial charge in [-0.15, -0.1) is 0 Å². The molecule has 0 saturated carbocycles. The molecule has 162 valence electrons. The third-order valence-corrected chi connectivity index (χ3v) is 5.70. The number of hydrogen-bond acceptors (Lipinski definition) is 5. The number of amides is 2. The number of para-hydroxylation sites is 1. The lowest BCUT2D eigenvalue weighted by Gasteiger charge is -2.30. The van der Waals surface area contributed by atoms with E-state index in [0.29, 0.717) is 33.3 Å². The molecule has 2 amide bonds. The van der Waals surface area contributed by atoms with Crippen molar-refractivity contribution in [2.75, 3.05) is 12.0 Å². The molecule has 0 unspecified atom stereocenters. The molecule has 0 aromatic heterocycles. The van der Waals surface area contributed by atoms with Gasteiger partial charge in [0.25, 0.3) is 11.8 Å². The van der Waals surface area contributed by atoms with Crippen molar-refractivity contribution in [3.63, 3.8) is 0 Å². The molecule has 3 rings (SSSR count). The smallest absolute Gasteiger partial charge is 0.270 e. The van der Waals surface area contributed by atoms with Crippen molar-refractivity contribution in [2.24, 2.45) is 0 Å². The predicted octanol–water partition coefficient (Wildman–Crippen LogP) is 4.67. The highest BCUT2D eigenvalue weighted by atomic mass is 35.5. The van der Waals surface area contributed by atoms with E-state index in [9.17, 15) is 9.59 Å². The molecule has 1 N–H and O–H groups in total. The van der Waals surface area contributed by atoms with Crippen molar-refractivity contribution in [1.29, 1.82) is 0 Å². The fraction of sp³-hybridized carbons (Fsp3) is 0.261. The molecule has 2 aromatic rings. The summed E-state index contributed by atoms with van der Waals surface area (Å²) < 4.78 is 11.5. The third-order valence-electron chi connectivity index (χ3n) is 5.00. The van der Waals surface area contributed by atoms with Crippen molar-refractivity contribution in [2.45, 2.75) is 33.3 Å². The van der Waals surface area contributed by atoms with Crippen molar-refractivity contribution in [3.05, 3.63) is 58.1 Å². The maximum absolute atomic E-state index is 13.4. The Bertz CT molecular complexity index is 1080. The SMILES string of the molecule is CC[C@H](C)Oc1c(/C=C2\C(=O)NC(=S)N(c3cccc(Cl)c3C)C2=O)cccc1OC. The third kappa shape index (κ3) is 4.57. The van der Waals surface area contributed by atoms with E-state index in [1.807, 2.05) is 13.8 Å². The van der Waals surface area contributed by atoms with Crippen LogP contribution in [0.25, 0.3) is 6.08 Å². The summed E-state index contributed by atoms with van der Waals surface area (Å²) in [5.41, 5.74) is 1.66.